The standard InChI is InChI=1S/C24H27F5N2O5S2/c1-23(2,38(35,36)18-12-17(13-30-14-18)24(27,28)29)16-6-8-31(9-7-16)22(32)19-5-4-15(11-21(25)26)10-20(19)37(3,33)34/h4-5,10,12-14,16,21H,6-9,11H2,1-3H3. The molecular formula is C24H27F5N2O5S2. The molecule has 1 aliphatic rings. The van der Waals surface area contributed by atoms with Crippen LogP contribution in [0.1, 0.15) is 48.2 Å². The maximum Gasteiger partial charge on any atom is 0.417 e. The molecule has 1 aromatic heterocycles. The minimum atomic E-state index is -4.77. The summed E-state index contributed by atoms with van der Waals surface area (Å²) >= 11 is 0. The fraction of sp³-hybridized carbons (Fsp3) is 0.500. The highest BCUT2D eigenvalue weighted by molar-refractivity contribution is 7.92. The Morgan fingerprint density at radius 3 is 2.18 bits per heavy atom. The van der Waals surface area contributed by atoms with Gasteiger partial charge in [0, 0.05) is 38.2 Å². The van der Waals surface area contributed by atoms with Gasteiger partial charge in [0.2, 0.25) is 6.43 Å². The second kappa shape index (κ2) is 10.5. The first-order chi connectivity index (χ1) is 17.4. The third kappa shape index (κ3) is 6.16. The zero-order valence-electron chi connectivity index (χ0n) is 20.8. The lowest BCUT2D eigenvalue weighted by Gasteiger charge is -2.40. The lowest BCUT2D eigenvalue weighted by atomic mass is 9.85. The van der Waals surface area contributed by atoms with E-state index in [1.54, 1.807) is 0 Å². The number of nitrogens with zero attached hydrogens (tertiary/aromatic N) is 2. The molecule has 1 aliphatic heterocycles. The lowest BCUT2D eigenvalue weighted by molar-refractivity contribution is -0.138. The first-order valence-corrected chi connectivity index (χ1v) is 14.9. The number of likely N-dealkylation sites (tertiary alicyclic amines) is 1. The number of pyridine rings is 1. The summed E-state index contributed by atoms with van der Waals surface area (Å²) in [6, 6.07) is 4.06. The molecule has 0 saturated carbocycles. The number of sulfone groups is 2. The van der Waals surface area contributed by atoms with Gasteiger partial charge in [-0.05, 0) is 56.4 Å². The second-order valence-corrected chi connectivity index (χ2v) is 14.3. The molecule has 0 atom stereocenters. The largest absolute Gasteiger partial charge is 0.417 e. The summed E-state index contributed by atoms with van der Waals surface area (Å²) in [6.07, 6.45) is -5.49. The summed E-state index contributed by atoms with van der Waals surface area (Å²) in [5.41, 5.74) is -1.30. The molecule has 38 heavy (non-hydrogen) atoms. The van der Waals surface area contributed by atoms with Crippen LogP contribution in [0.25, 0.3) is 0 Å². The summed E-state index contributed by atoms with van der Waals surface area (Å²) in [7, 11) is -8.19. The Labute approximate surface area is 217 Å². The van der Waals surface area contributed by atoms with E-state index < -0.39 is 65.7 Å². The number of hydrogen-bond donors (Lipinski definition) is 0. The van der Waals surface area contributed by atoms with E-state index in [1.807, 2.05) is 0 Å². The molecule has 1 saturated heterocycles. The van der Waals surface area contributed by atoms with E-state index in [2.05, 4.69) is 4.98 Å². The zero-order valence-corrected chi connectivity index (χ0v) is 22.4. The number of hydrogen-bond acceptors (Lipinski definition) is 6. The predicted molar refractivity (Wildman–Crippen MR) is 128 cm³/mol. The van der Waals surface area contributed by atoms with Crippen molar-refractivity contribution < 1.29 is 43.6 Å². The molecule has 0 bridgehead atoms. The molecule has 7 nitrogen and oxygen atoms in total. The van der Waals surface area contributed by atoms with Gasteiger partial charge in [0.15, 0.2) is 19.7 Å². The van der Waals surface area contributed by atoms with Crippen LogP contribution >= 0.6 is 0 Å². The van der Waals surface area contributed by atoms with Crippen LogP contribution in [0.5, 0.6) is 0 Å². The van der Waals surface area contributed by atoms with E-state index in [9.17, 15) is 43.6 Å². The zero-order chi connectivity index (χ0) is 28.7. The number of benzene rings is 1. The van der Waals surface area contributed by atoms with E-state index in [0.29, 0.717) is 12.3 Å². The van der Waals surface area contributed by atoms with Crippen LogP contribution in [0, 0.1) is 5.92 Å². The summed E-state index contributed by atoms with van der Waals surface area (Å²) in [4.78, 5) is 17.1. The van der Waals surface area contributed by atoms with Crippen molar-refractivity contribution in [3.8, 4) is 0 Å². The van der Waals surface area contributed by atoms with Gasteiger partial charge in [-0.1, -0.05) is 6.07 Å². The molecule has 0 aliphatic carbocycles. The average Bonchev–Trinajstić information content (AvgIpc) is 2.82. The van der Waals surface area contributed by atoms with Crippen molar-refractivity contribution in [2.45, 2.75) is 60.2 Å². The van der Waals surface area contributed by atoms with Gasteiger partial charge in [0.05, 0.1) is 25.7 Å². The SMILES string of the molecule is CC(C)(C1CCN(C(=O)c2ccc(CC(F)F)cc2S(C)(=O)=O)CC1)S(=O)(=O)c1cncc(C(F)(F)F)c1. The van der Waals surface area contributed by atoms with Crippen molar-refractivity contribution in [3.63, 3.8) is 0 Å². The van der Waals surface area contributed by atoms with Gasteiger partial charge in [0.25, 0.3) is 5.91 Å². The first kappa shape index (κ1) is 29.9. The van der Waals surface area contributed by atoms with Gasteiger partial charge in [-0.25, -0.2) is 25.6 Å². The number of piperidine rings is 1. The minimum absolute atomic E-state index is 0.0608. The van der Waals surface area contributed by atoms with E-state index in [-0.39, 0.29) is 42.0 Å². The number of carbonyl (C=O) groups excluding carboxylic acids is 1. The van der Waals surface area contributed by atoms with Crippen LogP contribution < -0.4 is 0 Å². The first-order valence-electron chi connectivity index (χ1n) is 11.5. The Bertz CT molecular complexity index is 1420. The Morgan fingerprint density at radius 1 is 1.05 bits per heavy atom. The molecule has 1 fully saturated rings. The van der Waals surface area contributed by atoms with Crippen LogP contribution in [0.3, 0.4) is 0 Å². The molecule has 14 heteroatoms. The number of aromatic nitrogens is 1. The molecular weight excluding hydrogens is 555 g/mol. The molecule has 0 N–H and O–H groups in total. The van der Waals surface area contributed by atoms with Gasteiger partial charge in [-0.3, -0.25) is 9.78 Å². The number of halogens is 5. The lowest BCUT2D eigenvalue weighted by Crippen LogP contribution is -2.47. The monoisotopic (exact) mass is 582 g/mol. The van der Waals surface area contributed by atoms with Gasteiger partial charge in [-0.2, -0.15) is 13.2 Å². The van der Waals surface area contributed by atoms with Crippen molar-refractivity contribution in [2.75, 3.05) is 19.3 Å². The van der Waals surface area contributed by atoms with Crippen LogP contribution in [-0.2, 0) is 32.3 Å². The highest BCUT2D eigenvalue weighted by Gasteiger charge is 2.45. The van der Waals surface area contributed by atoms with Crippen molar-refractivity contribution in [1.29, 1.82) is 0 Å². The fourth-order valence-corrected chi connectivity index (χ4v) is 7.23. The number of rotatable bonds is 7. The summed E-state index contributed by atoms with van der Waals surface area (Å²) in [5.74, 6) is -1.18. The van der Waals surface area contributed by atoms with E-state index >= 15 is 0 Å². The number of carbonyl (C=O) groups is 1. The highest BCUT2D eigenvalue weighted by atomic mass is 32.2. The number of alkyl halides is 5. The predicted octanol–water partition coefficient (Wildman–Crippen LogP) is 4.42. The Kier molecular flexibility index (Phi) is 8.28. The molecule has 0 radical (unpaired) electrons. The van der Waals surface area contributed by atoms with Gasteiger partial charge >= 0.3 is 6.18 Å². The Hall–Kier alpha value is -2.61. The van der Waals surface area contributed by atoms with E-state index in [4.69, 9.17) is 0 Å². The molecule has 210 valence electrons. The van der Waals surface area contributed by atoms with Gasteiger partial charge < -0.3 is 4.90 Å². The summed E-state index contributed by atoms with van der Waals surface area (Å²) in [6.45, 7) is 2.94. The molecule has 0 spiro atoms. The maximum atomic E-state index is 13.3. The van der Waals surface area contributed by atoms with Crippen LogP contribution in [0.15, 0.2) is 46.5 Å². The van der Waals surface area contributed by atoms with Crippen LogP contribution in [0.4, 0.5) is 22.0 Å². The second-order valence-electron chi connectivity index (χ2n) is 9.78. The minimum Gasteiger partial charge on any atom is -0.339 e. The summed E-state index contributed by atoms with van der Waals surface area (Å²) in [5, 5.41) is 0. The third-order valence-electron chi connectivity index (χ3n) is 6.87. The van der Waals surface area contributed by atoms with E-state index in [1.165, 1.54) is 30.9 Å². The normalized spacial score (nSPS) is 16.2. The molecule has 1 aromatic carbocycles. The highest BCUT2D eigenvalue weighted by Crippen LogP contribution is 2.39. The van der Waals surface area contributed by atoms with Crippen molar-refractivity contribution in [1.82, 2.24) is 9.88 Å². The quantitative estimate of drug-likeness (QED) is 0.448. The fourth-order valence-electron chi connectivity index (χ4n) is 4.55. The van der Waals surface area contributed by atoms with Crippen LogP contribution in [-0.4, -0.2) is 63.1 Å². The van der Waals surface area contributed by atoms with Crippen LogP contribution in [0.2, 0.25) is 0 Å². The van der Waals surface area contributed by atoms with Crippen molar-refractivity contribution in [2.24, 2.45) is 5.92 Å². The van der Waals surface area contributed by atoms with Gasteiger partial charge in [0.1, 0.15) is 0 Å². The maximum absolute atomic E-state index is 13.3. The smallest absolute Gasteiger partial charge is 0.339 e. The van der Waals surface area contributed by atoms with Crippen molar-refractivity contribution in [3.05, 3.63) is 53.3 Å². The Morgan fingerprint density at radius 2 is 1.66 bits per heavy atom. The Balaban J connectivity index is 1.81. The molecule has 2 heterocycles. The molecule has 0 unspecified atom stereocenters. The molecule has 3 rings (SSSR count). The third-order valence-corrected chi connectivity index (χ3v) is 10.6. The molecule has 2 aromatic rings. The topological polar surface area (TPSA) is 101 Å². The number of amides is 1. The summed E-state index contributed by atoms with van der Waals surface area (Å²) < 4.78 is 115. The average molecular weight is 583 g/mol. The van der Waals surface area contributed by atoms with Gasteiger partial charge in [-0.15, -0.1) is 0 Å². The van der Waals surface area contributed by atoms with E-state index in [0.717, 1.165) is 18.5 Å². The molecule has 1 amide bonds. The van der Waals surface area contributed by atoms with Crippen molar-refractivity contribution >= 4 is 25.6 Å².